The molecule has 2 heterocycles. The third-order valence-corrected chi connectivity index (χ3v) is 3.32. The van der Waals surface area contributed by atoms with Gasteiger partial charge >= 0.3 is 0 Å². The van der Waals surface area contributed by atoms with Gasteiger partial charge in [-0.3, -0.25) is 9.36 Å². The molecule has 0 aliphatic rings. The molecule has 0 amide bonds. The van der Waals surface area contributed by atoms with Crippen LogP contribution in [-0.4, -0.2) is 19.6 Å². The molecule has 2 aromatic rings. The van der Waals surface area contributed by atoms with E-state index in [4.69, 9.17) is 11.6 Å². The van der Waals surface area contributed by atoms with E-state index in [2.05, 4.69) is 22.4 Å². The van der Waals surface area contributed by atoms with Gasteiger partial charge in [0.2, 0.25) is 0 Å². The molecule has 0 aliphatic heterocycles. The van der Waals surface area contributed by atoms with Gasteiger partial charge in [-0.1, -0.05) is 18.5 Å². The van der Waals surface area contributed by atoms with Crippen LogP contribution >= 0.6 is 11.6 Å². The van der Waals surface area contributed by atoms with Crippen molar-refractivity contribution in [2.75, 3.05) is 0 Å². The molecule has 2 aromatic heterocycles. The van der Waals surface area contributed by atoms with Gasteiger partial charge in [0.15, 0.2) is 0 Å². The van der Waals surface area contributed by atoms with E-state index in [1.165, 1.54) is 0 Å². The van der Waals surface area contributed by atoms with Crippen molar-refractivity contribution in [3.05, 3.63) is 34.4 Å². The first-order valence-electron chi connectivity index (χ1n) is 6.00. The minimum absolute atomic E-state index is 0.706. The first-order chi connectivity index (χ1) is 8.61. The summed E-state index contributed by atoms with van der Waals surface area (Å²) < 4.78 is 3.64. The lowest BCUT2D eigenvalue weighted by atomic mass is 10.3. The van der Waals surface area contributed by atoms with E-state index in [9.17, 15) is 0 Å². The third-order valence-electron chi connectivity index (χ3n) is 2.88. The summed E-state index contributed by atoms with van der Waals surface area (Å²) in [6.45, 7) is 3.54. The van der Waals surface area contributed by atoms with Gasteiger partial charge in [0.25, 0.3) is 0 Å². The summed E-state index contributed by atoms with van der Waals surface area (Å²) in [6, 6.07) is 0. The third kappa shape index (κ3) is 2.73. The van der Waals surface area contributed by atoms with E-state index < -0.39 is 0 Å². The van der Waals surface area contributed by atoms with Crippen LogP contribution in [0.3, 0.4) is 0 Å². The molecule has 0 spiro atoms. The predicted molar refractivity (Wildman–Crippen MR) is 71.3 cm³/mol. The summed E-state index contributed by atoms with van der Waals surface area (Å²) in [5.41, 5.74) is 3.14. The van der Waals surface area contributed by atoms with E-state index in [0.29, 0.717) is 6.54 Å². The normalized spacial score (nSPS) is 11.1. The van der Waals surface area contributed by atoms with Crippen molar-refractivity contribution in [3.63, 3.8) is 0 Å². The van der Waals surface area contributed by atoms with Crippen molar-refractivity contribution in [3.8, 4) is 0 Å². The van der Waals surface area contributed by atoms with Crippen molar-refractivity contribution in [1.29, 1.82) is 0 Å². The van der Waals surface area contributed by atoms with Gasteiger partial charge in [-0.05, 0) is 6.42 Å². The molecule has 0 aliphatic carbocycles. The molecule has 0 unspecified atom stereocenters. The minimum atomic E-state index is 0.706. The van der Waals surface area contributed by atoms with Crippen LogP contribution < -0.4 is 5.32 Å². The van der Waals surface area contributed by atoms with Crippen molar-refractivity contribution < 1.29 is 0 Å². The minimum Gasteiger partial charge on any atom is -0.307 e. The first-order valence-corrected chi connectivity index (χ1v) is 6.38. The van der Waals surface area contributed by atoms with Crippen LogP contribution in [-0.2, 0) is 33.6 Å². The van der Waals surface area contributed by atoms with E-state index in [-0.39, 0.29) is 0 Å². The molecule has 0 aromatic carbocycles. The molecule has 98 valence electrons. The van der Waals surface area contributed by atoms with Crippen molar-refractivity contribution in [1.82, 2.24) is 24.9 Å². The van der Waals surface area contributed by atoms with Crippen molar-refractivity contribution in [2.24, 2.45) is 14.1 Å². The van der Waals surface area contributed by atoms with Gasteiger partial charge in [0.1, 0.15) is 0 Å². The lowest BCUT2D eigenvalue weighted by Crippen LogP contribution is -2.15. The van der Waals surface area contributed by atoms with Crippen LogP contribution in [0.2, 0.25) is 5.02 Å². The van der Waals surface area contributed by atoms with Gasteiger partial charge in [0.05, 0.1) is 22.6 Å². The van der Waals surface area contributed by atoms with E-state index in [1.54, 1.807) is 4.68 Å². The highest BCUT2D eigenvalue weighted by molar-refractivity contribution is 6.31. The van der Waals surface area contributed by atoms with Gasteiger partial charge in [-0.25, -0.2) is 0 Å². The second-order valence-electron chi connectivity index (χ2n) is 4.31. The number of nitrogens with zero attached hydrogens (tertiary/aromatic N) is 4. The zero-order chi connectivity index (χ0) is 13.1. The van der Waals surface area contributed by atoms with Crippen LogP contribution in [0.15, 0.2) is 12.4 Å². The Bertz CT molecular complexity index is 529. The van der Waals surface area contributed by atoms with Gasteiger partial charge in [-0.2, -0.15) is 10.2 Å². The number of nitrogens with one attached hydrogen (secondary N) is 1. The molecular formula is C12H18ClN5. The van der Waals surface area contributed by atoms with E-state index in [1.807, 2.05) is 31.2 Å². The Morgan fingerprint density at radius 2 is 2.11 bits per heavy atom. The van der Waals surface area contributed by atoms with Gasteiger partial charge in [-0.15, -0.1) is 0 Å². The average molecular weight is 268 g/mol. The fraction of sp³-hybridized carbons (Fsp3) is 0.500. The number of rotatable bonds is 5. The molecule has 6 heteroatoms. The van der Waals surface area contributed by atoms with E-state index in [0.717, 1.165) is 34.9 Å². The highest BCUT2D eigenvalue weighted by atomic mass is 35.5. The van der Waals surface area contributed by atoms with Crippen LogP contribution in [0.25, 0.3) is 0 Å². The molecule has 5 nitrogen and oxygen atoms in total. The van der Waals surface area contributed by atoms with Gasteiger partial charge < -0.3 is 5.32 Å². The summed E-state index contributed by atoms with van der Waals surface area (Å²) >= 11 is 6.28. The monoisotopic (exact) mass is 267 g/mol. The quantitative estimate of drug-likeness (QED) is 0.896. The van der Waals surface area contributed by atoms with E-state index >= 15 is 0 Å². The lowest BCUT2D eigenvalue weighted by molar-refractivity contribution is 0.623. The molecular weight excluding hydrogens is 250 g/mol. The number of aromatic nitrogens is 4. The Kier molecular flexibility index (Phi) is 4.04. The summed E-state index contributed by atoms with van der Waals surface area (Å²) in [5, 5.41) is 12.6. The molecule has 0 saturated heterocycles. The smallest absolute Gasteiger partial charge is 0.0863 e. The Labute approximate surface area is 112 Å². The zero-order valence-corrected chi connectivity index (χ0v) is 11.7. The zero-order valence-electron chi connectivity index (χ0n) is 10.9. The maximum atomic E-state index is 6.28. The Hall–Kier alpha value is -1.33. The lowest BCUT2D eigenvalue weighted by Gasteiger charge is -2.04. The van der Waals surface area contributed by atoms with Crippen molar-refractivity contribution in [2.45, 2.75) is 26.4 Å². The highest BCUT2D eigenvalue weighted by Gasteiger charge is 2.12. The Balaban J connectivity index is 1.96. The average Bonchev–Trinajstić information content (AvgIpc) is 2.86. The molecule has 0 bridgehead atoms. The van der Waals surface area contributed by atoms with Crippen molar-refractivity contribution >= 4 is 11.6 Å². The first kappa shape index (κ1) is 13.1. The molecule has 0 saturated carbocycles. The van der Waals surface area contributed by atoms with Gasteiger partial charge in [0, 0.05) is 38.9 Å². The summed E-state index contributed by atoms with van der Waals surface area (Å²) in [7, 11) is 3.83. The van der Waals surface area contributed by atoms with Crippen LogP contribution in [0.5, 0.6) is 0 Å². The Morgan fingerprint density at radius 3 is 2.67 bits per heavy atom. The number of halogens is 1. The number of hydrogen-bond acceptors (Lipinski definition) is 3. The van der Waals surface area contributed by atoms with Crippen LogP contribution in [0.1, 0.15) is 23.9 Å². The number of hydrogen-bond donors (Lipinski definition) is 1. The standard InChI is InChI=1S/C12H18ClN5/c1-4-10-12(13)11(18(3)16-10)7-14-5-9-6-15-17(2)8-9/h6,8,14H,4-5,7H2,1-3H3. The fourth-order valence-corrected chi connectivity index (χ4v) is 2.26. The largest absolute Gasteiger partial charge is 0.307 e. The van der Waals surface area contributed by atoms with Crippen LogP contribution in [0, 0.1) is 0 Å². The molecule has 0 fully saturated rings. The SMILES string of the molecule is CCc1nn(C)c(CNCc2cnn(C)c2)c1Cl. The molecule has 0 radical (unpaired) electrons. The molecule has 1 N–H and O–H groups in total. The second kappa shape index (κ2) is 5.54. The Morgan fingerprint density at radius 1 is 1.33 bits per heavy atom. The second-order valence-corrected chi connectivity index (χ2v) is 4.69. The summed E-state index contributed by atoms with van der Waals surface area (Å²) in [5.74, 6) is 0. The summed E-state index contributed by atoms with van der Waals surface area (Å²) in [4.78, 5) is 0. The predicted octanol–water partition coefficient (Wildman–Crippen LogP) is 1.66. The highest BCUT2D eigenvalue weighted by Crippen LogP contribution is 2.20. The summed E-state index contributed by atoms with van der Waals surface area (Å²) in [6.07, 6.45) is 4.71. The fourth-order valence-electron chi connectivity index (χ4n) is 1.90. The molecule has 0 atom stereocenters. The molecule has 18 heavy (non-hydrogen) atoms. The molecule has 2 rings (SSSR count). The topological polar surface area (TPSA) is 47.7 Å². The maximum absolute atomic E-state index is 6.28. The van der Waals surface area contributed by atoms with Crippen LogP contribution in [0.4, 0.5) is 0 Å². The maximum Gasteiger partial charge on any atom is 0.0863 e. The number of aryl methyl sites for hydroxylation is 3.